The van der Waals surface area contributed by atoms with Crippen LogP contribution in [0.3, 0.4) is 0 Å². The van der Waals surface area contributed by atoms with E-state index in [9.17, 15) is 24.6 Å². The van der Waals surface area contributed by atoms with Crippen molar-refractivity contribution in [3.8, 4) is 16.9 Å². The zero-order valence-electron chi connectivity index (χ0n) is 27.2. The van der Waals surface area contributed by atoms with Gasteiger partial charge in [-0.3, -0.25) is 34.2 Å². The molecule has 2 aliphatic rings. The summed E-state index contributed by atoms with van der Waals surface area (Å²) < 4.78 is 13.4. The van der Waals surface area contributed by atoms with Crippen molar-refractivity contribution in [2.45, 2.75) is 58.2 Å². The van der Waals surface area contributed by atoms with Crippen molar-refractivity contribution >= 4 is 40.6 Å². The highest BCUT2D eigenvalue weighted by molar-refractivity contribution is 6.00. The van der Waals surface area contributed by atoms with Crippen molar-refractivity contribution in [3.63, 3.8) is 0 Å². The number of hydrogen-bond acceptors (Lipinski definition) is 9. The zero-order valence-corrected chi connectivity index (χ0v) is 27.2. The smallest absolute Gasteiger partial charge is 0.280 e. The molecule has 5 aromatic rings. The minimum absolute atomic E-state index is 0.00901. The highest BCUT2D eigenvalue weighted by atomic mass is 16.5. The number of ether oxygens (including phenoxy) is 2. The van der Waals surface area contributed by atoms with Gasteiger partial charge in [0, 0.05) is 13.3 Å². The molecule has 4 atom stereocenters. The lowest BCUT2D eigenvalue weighted by atomic mass is 10.1. The fourth-order valence-electron chi connectivity index (χ4n) is 6.53. The Bertz CT molecular complexity index is 2110. The Kier molecular flexibility index (Phi) is 8.49. The third-order valence-electron chi connectivity index (χ3n) is 8.87. The Morgan fingerprint density at radius 2 is 1.80 bits per heavy atom. The van der Waals surface area contributed by atoms with Gasteiger partial charge in [0.15, 0.2) is 17.3 Å². The number of amides is 2. The fraction of sp³-hybridized carbons (Fsp3) is 0.306. The van der Waals surface area contributed by atoms with Gasteiger partial charge in [0.05, 0.1) is 18.4 Å². The summed E-state index contributed by atoms with van der Waals surface area (Å²) in [5, 5.41) is 23.2. The van der Waals surface area contributed by atoms with Crippen molar-refractivity contribution < 1.29 is 29.3 Å². The summed E-state index contributed by atoms with van der Waals surface area (Å²) in [6.07, 6.45) is -3.12. The molecule has 252 valence electrons. The molecule has 3 heterocycles. The molecule has 1 saturated heterocycles. The number of benzene rings is 3. The van der Waals surface area contributed by atoms with E-state index in [1.54, 1.807) is 24.3 Å². The highest BCUT2D eigenvalue weighted by Crippen LogP contribution is 2.41. The lowest BCUT2D eigenvalue weighted by molar-refractivity contribution is -0.124. The van der Waals surface area contributed by atoms with Gasteiger partial charge in [-0.25, -0.2) is 4.98 Å². The van der Waals surface area contributed by atoms with E-state index in [4.69, 9.17) is 9.47 Å². The third kappa shape index (κ3) is 5.96. The summed E-state index contributed by atoms with van der Waals surface area (Å²) >= 11 is 0. The van der Waals surface area contributed by atoms with Crippen molar-refractivity contribution in [2.24, 2.45) is 5.92 Å². The lowest BCUT2D eigenvalue weighted by Gasteiger charge is -2.25. The molecular weight excluding hydrogens is 628 g/mol. The summed E-state index contributed by atoms with van der Waals surface area (Å²) in [6, 6.07) is 22.7. The van der Waals surface area contributed by atoms with Crippen molar-refractivity contribution in [3.05, 3.63) is 94.3 Å². The third-order valence-corrected chi connectivity index (χ3v) is 8.87. The number of fused-ring (bicyclic) bond motifs is 4. The first-order valence-corrected chi connectivity index (χ1v) is 16.1. The van der Waals surface area contributed by atoms with Crippen LogP contribution in [0.15, 0.2) is 77.6 Å². The molecule has 2 amide bonds. The average molecular weight is 665 g/mol. The van der Waals surface area contributed by atoms with Gasteiger partial charge in [-0.15, -0.1) is 0 Å². The molecule has 2 aromatic heterocycles. The number of para-hydroxylation sites is 1. The molecule has 1 unspecified atom stereocenters. The maximum absolute atomic E-state index is 13.6. The predicted octanol–water partition coefficient (Wildman–Crippen LogP) is 4.06. The maximum Gasteiger partial charge on any atom is 0.280 e. The van der Waals surface area contributed by atoms with Crippen molar-refractivity contribution in [1.29, 1.82) is 0 Å². The summed E-state index contributed by atoms with van der Waals surface area (Å²) in [7, 11) is 0. The molecule has 4 N–H and O–H groups in total. The van der Waals surface area contributed by atoms with E-state index < -0.39 is 48.5 Å². The molecule has 13 nitrogen and oxygen atoms in total. The van der Waals surface area contributed by atoms with E-state index in [2.05, 4.69) is 32.4 Å². The van der Waals surface area contributed by atoms with Crippen LogP contribution in [0.4, 0.5) is 17.6 Å². The number of aromatic nitrogens is 4. The Labute approximate surface area is 281 Å². The van der Waals surface area contributed by atoms with Gasteiger partial charge >= 0.3 is 0 Å². The van der Waals surface area contributed by atoms with Gasteiger partial charge in [0.2, 0.25) is 17.8 Å². The number of H-pyrrole nitrogens is 1. The SMILES string of the molecule is CC(=O)N(c1ccc2c(c1)Cc1ccccc1-2)c1nc2c(=O)[nH]c(NC(=O)C(Oc3ccccc3)C(C)C)nc2n1[C@H]1C[C@H](O)[C@@H](CO)O1. The van der Waals surface area contributed by atoms with E-state index in [0.29, 0.717) is 17.9 Å². The van der Waals surface area contributed by atoms with Crippen LogP contribution in [0, 0.1) is 5.92 Å². The minimum Gasteiger partial charge on any atom is -0.480 e. The Morgan fingerprint density at radius 1 is 1.06 bits per heavy atom. The number of rotatable bonds is 9. The van der Waals surface area contributed by atoms with Gasteiger partial charge in [-0.2, -0.15) is 4.98 Å². The molecule has 13 heteroatoms. The second kappa shape index (κ2) is 12.9. The Balaban J connectivity index is 1.31. The molecule has 7 rings (SSSR count). The zero-order chi connectivity index (χ0) is 34.4. The number of nitrogens with one attached hydrogen (secondary N) is 2. The lowest BCUT2D eigenvalue weighted by Crippen LogP contribution is -2.38. The van der Waals surface area contributed by atoms with Crippen LogP contribution in [-0.2, 0) is 20.7 Å². The molecule has 1 aliphatic heterocycles. The monoisotopic (exact) mass is 664 g/mol. The average Bonchev–Trinajstić information content (AvgIpc) is 3.76. The normalized spacial score (nSPS) is 18.7. The number of aliphatic hydroxyl groups excluding tert-OH is 2. The van der Waals surface area contributed by atoms with E-state index in [0.717, 1.165) is 16.7 Å². The number of nitrogens with zero attached hydrogens (tertiary/aromatic N) is 4. The van der Waals surface area contributed by atoms with Gasteiger partial charge in [-0.05, 0) is 58.9 Å². The largest absolute Gasteiger partial charge is 0.480 e. The van der Waals surface area contributed by atoms with Gasteiger partial charge in [-0.1, -0.05) is 62.4 Å². The molecule has 0 radical (unpaired) electrons. The first-order valence-electron chi connectivity index (χ1n) is 16.1. The Hall–Kier alpha value is -5.37. The fourth-order valence-corrected chi connectivity index (χ4v) is 6.53. The maximum atomic E-state index is 13.6. The Morgan fingerprint density at radius 3 is 2.51 bits per heavy atom. The van der Waals surface area contributed by atoms with Gasteiger partial charge in [0.1, 0.15) is 18.1 Å². The van der Waals surface area contributed by atoms with E-state index in [-0.39, 0.29) is 35.4 Å². The van der Waals surface area contributed by atoms with Gasteiger partial charge < -0.3 is 19.7 Å². The van der Waals surface area contributed by atoms with Crippen molar-refractivity contribution in [1.82, 2.24) is 19.5 Å². The first kappa shape index (κ1) is 32.2. The molecule has 49 heavy (non-hydrogen) atoms. The topological polar surface area (TPSA) is 172 Å². The predicted molar refractivity (Wildman–Crippen MR) is 182 cm³/mol. The number of carbonyl (C=O) groups excluding carboxylic acids is 2. The van der Waals surface area contributed by atoms with Crippen LogP contribution < -0.4 is 20.5 Å². The number of carbonyl (C=O) groups is 2. The quantitative estimate of drug-likeness (QED) is 0.178. The van der Waals surface area contributed by atoms with Crippen LogP contribution in [0.25, 0.3) is 22.3 Å². The molecule has 0 spiro atoms. The summed E-state index contributed by atoms with van der Waals surface area (Å²) in [5.74, 6) is -0.800. The van der Waals surface area contributed by atoms with Gasteiger partial charge in [0.25, 0.3) is 11.5 Å². The summed E-state index contributed by atoms with van der Waals surface area (Å²) in [5.41, 5.74) is 4.14. The minimum atomic E-state index is -1.03. The second-order valence-corrected chi connectivity index (χ2v) is 12.6. The number of aromatic amines is 1. The molecular formula is C36H36N6O7. The van der Waals surface area contributed by atoms with Crippen LogP contribution in [0.2, 0.25) is 0 Å². The van der Waals surface area contributed by atoms with E-state index in [1.165, 1.54) is 22.0 Å². The van der Waals surface area contributed by atoms with E-state index in [1.807, 2.05) is 50.2 Å². The number of anilines is 3. The molecule has 3 aromatic carbocycles. The molecule has 0 saturated carbocycles. The van der Waals surface area contributed by atoms with Crippen LogP contribution in [0.5, 0.6) is 5.75 Å². The highest BCUT2D eigenvalue weighted by Gasteiger charge is 2.39. The first-order chi connectivity index (χ1) is 23.6. The number of imidazole rings is 1. The summed E-state index contributed by atoms with van der Waals surface area (Å²) in [6.45, 7) is 4.61. The van der Waals surface area contributed by atoms with E-state index >= 15 is 0 Å². The second-order valence-electron chi connectivity index (χ2n) is 12.6. The standard InChI is InChI=1S/C36H36N6O7/c1-19(2)31(48-24-10-5-4-6-11-24)34(47)40-35-38-32-30(33(46)39-35)37-36(42(32)29-17-27(45)28(18-43)49-29)41(20(3)44)23-13-14-26-22(16-23)15-21-9-7-8-12-25(21)26/h4-14,16,19,27-29,31,43,45H,15,17-18H2,1-3H3,(H2,38,39,40,46,47)/t27-,28+,29+,31?/m0/s1. The molecule has 1 fully saturated rings. The van der Waals surface area contributed by atoms with Crippen LogP contribution in [-0.4, -0.2) is 66.5 Å². The van der Waals surface area contributed by atoms with Crippen molar-refractivity contribution in [2.75, 3.05) is 16.8 Å². The number of aliphatic hydroxyl groups is 2. The van der Waals surface area contributed by atoms with Crippen LogP contribution in [0.1, 0.15) is 44.5 Å². The van der Waals surface area contributed by atoms with Crippen LogP contribution >= 0.6 is 0 Å². The molecule has 0 bridgehead atoms. The summed E-state index contributed by atoms with van der Waals surface area (Å²) in [4.78, 5) is 53.6. The molecule has 1 aliphatic carbocycles. The number of hydrogen-bond donors (Lipinski definition) is 4.